The molecule has 0 radical (unpaired) electrons. The summed E-state index contributed by atoms with van der Waals surface area (Å²) in [6, 6.07) is 11.0. The monoisotopic (exact) mass is 464 g/mol. The van der Waals surface area contributed by atoms with E-state index < -0.39 is 0 Å². The van der Waals surface area contributed by atoms with E-state index in [1.54, 1.807) is 18.5 Å². The van der Waals surface area contributed by atoms with Crippen molar-refractivity contribution in [1.82, 2.24) is 19.7 Å². The van der Waals surface area contributed by atoms with Gasteiger partial charge < -0.3 is 15.2 Å². The fourth-order valence-corrected chi connectivity index (χ4v) is 4.81. The molecule has 3 aromatic rings. The highest BCUT2D eigenvalue weighted by molar-refractivity contribution is 7.99. The molecule has 33 heavy (non-hydrogen) atoms. The van der Waals surface area contributed by atoms with Crippen LogP contribution in [0.2, 0.25) is 0 Å². The third-order valence-corrected chi connectivity index (χ3v) is 6.66. The zero-order chi connectivity index (χ0) is 23.0. The van der Waals surface area contributed by atoms with E-state index in [4.69, 9.17) is 0 Å². The van der Waals surface area contributed by atoms with Crippen molar-refractivity contribution in [1.29, 1.82) is 0 Å². The molecule has 2 aromatic heterocycles. The van der Waals surface area contributed by atoms with Crippen molar-refractivity contribution in [3.8, 4) is 11.4 Å². The van der Waals surface area contributed by atoms with Gasteiger partial charge in [-0.1, -0.05) is 37.1 Å². The normalized spacial score (nSPS) is 14.1. The van der Waals surface area contributed by atoms with Crippen LogP contribution in [-0.4, -0.2) is 37.3 Å². The molecule has 1 aliphatic carbocycles. The number of rotatable bonds is 8. The summed E-state index contributed by atoms with van der Waals surface area (Å²) in [5.74, 6) is 0.961. The van der Waals surface area contributed by atoms with Gasteiger partial charge in [0, 0.05) is 41.8 Å². The Morgan fingerprint density at radius 1 is 1.03 bits per heavy atom. The lowest BCUT2D eigenvalue weighted by Crippen LogP contribution is -2.24. The quantitative estimate of drug-likeness (QED) is 0.472. The first kappa shape index (κ1) is 23.0. The predicted molar refractivity (Wildman–Crippen MR) is 130 cm³/mol. The molecule has 1 saturated carbocycles. The van der Waals surface area contributed by atoms with Gasteiger partial charge in [-0.2, -0.15) is 0 Å². The Kier molecular flexibility index (Phi) is 7.72. The minimum atomic E-state index is -0.146. The van der Waals surface area contributed by atoms with Crippen LogP contribution in [0.15, 0.2) is 53.9 Å². The number of nitrogens with zero attached hydrogens (tertiary/aromatic N) is 4. The first-order chi connectivity index (χ1) is 16.1. The topological polar surface area (TPSA) is 102 Å². The molecule has 0 aliphatic heterocycles. The number of benzene rings is 1. The summed E-state index contributed by atoms with van der Waals surface area (Å²) in [5.41, 5.74) is 2.28. The number of thioether (sulfide) groups is 1. The van der Waals surface area contributed by atoms with E-state index in [9.17, 15) is 9.59 Å². The van der Waals surface area contributed by atoms with Crippen molar-refractivity contribution in [3.63, 3.8) is 0 Å². The molecular formula is C24H28N6O2S. The fourth-order valence-electron chi connectivity index (χ4n) is 4.01. The summed E-state index contributed by atoms with van der Waals surface area (Å²) in [6.07, 6.45) is 8.77. The van der Waals surface area contributed by atoms with Crippen molar-refractivity contribution in [2.75, 3.05) is 16.4 Å². The number of nitrogens with one attached hydrogen (secondary N) is 2. The molecule has 2 N–H and O–H groups in total. The summed E-state index contributed by atoms with van der Waals surface area (Å²) < 4.78 is 1.98. The van der Waals surface area contributed by atoms with Gasteiger partial charge in [0.05, 0.1) is 5.75 Å². The van der Waals surface area contributed by atoms with Crippen LogP contribution in [0.3, 0.4) is 0 Å². The molecule has 0 saturated heterocycles. The summed E-state index contributed by atoms with van der Waals surface area (Å²) in [5, 5.41) is 15.1. The highest BCUT2D eigenvalue weighted by atomic mass is 32.2. The lowest BCUT2D eigenvalue weighted by atomic mass is 9.88. The largest absolute Gasteiger partial charge is 0.326 e. The number of hydrogen-bond acceptors (Lipinski definition) is 6. The van der Waals surface area contributed by atoms with E-state index in [1.807, 2.05) is 41.8 Å². The molecule has 4 rings (SSSR count). The van der Waals surface area contributed by atoms with Gasteiger partial charge in [-0.05, 0) is 50.1 Å². The summed E-state index contributed by atoms with van der Waals surface area (Å²) in [4.78, 5) is 29.1. The SMILES string of the molecule is CCn1c(SCC(=O)Nc2cccc(NC(=O)C3CCCCC3)c2)nnc1-c1ccncc1. The average Bonchev–Trinajstić information content (AvgIpc) is 3.27. The maximum Gasteiger partial charge on any atom is 0.234 e. The van der Waals surface area contributed by atoms with Crippen molar-refractivity contribution in [3.05, 3.63) is 48.8 Å². The lowest BCUT2D eigenvalue weighted by Gasteiger charge is -2.20. The molecule has 1 aromatic carbocycles. The van der Waals surface area contributed by atoms with E-state index in [2.05, 4.69) is 25.8 Å². The minimum Gasteiger partial charge on any atom is -0.326 e. The molecule has 0 unspecified atom stereocenters. The summed E-state index contributed by atoms with van der Waals surface area (Å²) in [6.45, 7) is 2.71. The molecule has 8 nitrogen and oxygen atoms in total. The van der Waals surface area contributed by atoms with Crippen molar-refractivity contribution < 1.29 is 9.59 Å². The van der Waals surface area contributed by atoms with Crippen LogP contribution in [0.1, 0.15) is 39.0 Å². The van der Waals surface area contributed by atoms with E-state index in [0.29, 0.717) is 23.1 Å². The van der Waals surface area contributed by atoms with Gasteiger partial charge in [0.25, 0.3) is 0 Å². The summed E-state index contributed by atoms with van der Waals surface area (Å²) in [7, 11) is 0. The standard InChI is InChI=1S/C24H28N6O2S/c1-2-30-22(17-11-13-25-14-12-17)28-29-24(30)33-16-21(31)26-19-9-6-10-20(15-19)27-23(32)18-7-4-3-5-8-18/h6,9-15,18H,2-5,7-8,16H2,1H3,(H,26,31)(H,27,32). The molecule has 1 fully saturated rings. The molecule has 2 amide bonds. The first-order valence-electron chi connectivity index (χ1n) is 11.3. The van der Waals surface area contributed by atoms with Gasteiger partial charge in [0.2, 0.25) is 11.8 Å². The van der Waals surface area contributed by atoms with Crippen LogP contribution in [0.4, 0.5) is 11.4 Å². The van der Waals surface area contributed by atoms with E-state index in [-0.39, 0.29) is 23.5 Å². The lowest BCUT2D eigenvalue weighted by molar-refractivity contribution is -0.120. The molecule has 172 valence electrons. The van der Waals surface area contributed by atoms with Gasteiger partial charge >= 0.3 is 0 Å². The second-order valence-electron chi connectivity index (χ2n) is 8.03. The fraction of sp³-hybridized carbons (Fsp3) is 0.375. The number of carbonyl (C=O) groups is 2. The molecule has 0 spiro atoms. The molecule has 0 atom stereocenters. The van der Waals surface area contributed by atoms with Crippen molar-refractivity contribution >= 4 is 35.0 Å². The van der Waals surface area contributed by atoms with Gasteiger partial charge in [0.1, 0.15) is 0 Å². The number of hydrogen-bond donors (Lipinski definition) is 2. The van der Waals surface area contributed by atoms with Crippen LogP contribution in [0.5, 0.6) is 0 Å². The number of aromatic nitrogens is 4. The maximum atomic E-state index is 12.6. The highest BCUT2D eigenvalue weighted by Crippen LogP contribution is 2.26. The molecule has 0 bridgehead atoms. The van der Waals surface area contributed by atoms with Gasteiger partial charge in [-0.15, -0.1) is 10.2 Å². The minimum absolute atomic E-state index is 0.0673. The second-order valence-corrected chi connectivity index (χ2v) is 8.97. The van der Waals surface area contributed by atoms with Crippen LogP contribution < -0.4 is 10.6 Å². The predicted octanol–water partition coefficient (Wildman–Crippen LogP) is 4.61. The zero-order valence-electron chi connectivity index (χ0n) is 18.7. The molecule has 1 aliphatic rings. The van der Waals surface area contributed by atoms with Gasteiger partial charge in [0.15, 0.2) is 11.0 Å². The Morgan fingerprint density at radius 3 is 2.48 bits per heavy atom. The van der Waals surface area contributed by atoms with Crippen LogP contribution in [0, 0.1) is 5.92 Å². The molecule has 9 heteroatoms. The molecule has 2 heterocycles. The maximum absolute atomic E-state index is 12.6. The van der Waals surface area contributed by atoms with E-state index in [1.165, 1.54) is 18.2 Å². The number of pyridine rings is 1. The van der Waals surface area contributed by atoms with Crippen LogP contribution >= 0.6 is 11.8 Å². The highest BCUT2D eigenvalue weighted by Gasteiger charge is 2.21. The number of amides is 2. The van der Waals surface area contributed by atoms with Crippen molar-refractivity contribution in [2.24, 2.45) is 5.92 Å². The smallest absolute Gasteiger partial charge is 0.234 e. The third-order valence-electron chi connectivity index (χ3n) is 5.69. The Labute approximate surface area is 197 Å². The zero-order valence-corrected chi connectivity index (χ0v) is 19.5. The van der Waals surface area contributed by atoms with Crippen molar-refractivity contribution in [2.45, 2.75) is 50.7 Å². The Morgan fingerprint density at radius 2 is 1.76 bits per heavy atom. The van der Waals surface area contributed by atoms with E-state index >= 15 is 0 Å². The first-order valence-corrected chi connectivity index (χ1v) is 12.3. The van der Waals surface area contributed by atoms with Crippen LogP contribution in [-0.2, 0) is 16.1 Å². The Hall–Kier alpha value is -3.20. The number of carbonyl (C=O) groups excluding carboxylic acids is 2. The average molecular weight is 465 g/mol. The number of anilines is 2. The van der Waals surface area contributed by atoms with Crippen LogP contribution in [0.25, 0.3) is 11.4 Å². The van der Waals surface area contributed by atoms with Gasteiger partial charge in [-0.25, -0.2) is 0 Å². The van der Waals surface area contributed by atoms with Gasteiger partial charge in [-0.3, -0.25) is 14.6 Å². The molecular weight excluding hydrogens is 436 g/mol. The van der Waals surface area contributed by atoms with E-state index in [0.717, 1.165) is 37.1 Å². The Bertz CT molecular complexity index is 1100. The summed E-state index contributed by atoms with van der Waals surface area (Å²) >= 11 is 1.34. The Balaban J connectivity index is 1.33. The third kappa shape index (κ3) is 5.98. The second kappa shape index (κ2) is 11.1.